The second-order valence-corrected chi connectivity index (χ2v) is 8.98. The Bertz CT molecular complexity index is 1510. The molecule has 4 heteroatoms. The van der Waals surface area contributed by atoms with Crippen molar-refractivity contribution in [2.24, 2.45) is 0 Å². The number of nitrogens with one attached hydrogen (secondary N) is 1. The van der Waals surface area contributed by atoms with E-state index in [1.54, 1.807) is 7.11 Å². The Morgan fingerprint density at radius 1 is 0.622 bits per heavy atom. The minimum absolute atomic E-state index is 0.594. The van der Waals surface area contributed by atoms with E-state index in [4.69, 9.17) is 9.72 Å². The van der Waals surface area contributed by atoms with Crippen molar-refractivity contribution in [2.75, 3.05) is 12.4 Å². The van der Waals surface area contributed by atoms with Crippen LogP contribution < -0.4 is 10.1 Å². The van der Waals surface area contributed by atoms with E-state index >= 15 is 0 Å². The van der Waals surface area contributed by atoms with E-state index in [0.717, 1.165) is 28.2 Å². The molecular weight excluding hydrogens is 454 g/mol. The molecule has 0 bridgehead atoms. The number of nitrogens with zero attached hydrogens (tertiary/aromatic N) is 2. The van der Waals surface area contributed by atoms with Crippen molar-refractivity contribution in [3.63, 3.8) is 0 Å². The Hall–Kier alpha value is -4.83. The van der Waals surface area contributed by atoms with Gasteiger partial charge in [0.05, 0.1) is 24.5 Å². The summed E-state index contributed by atoms with van der Waals surface area (Å²) in [6.45, 7) is 0. The van der Waals surface area contributed by atoms with E-state index in [9.17, 15) is 0 Å². The first-order valence-corrected chi connectivity index (χ1v) is 12.3. The summed E-state index contributed by atoms with van der Waals surface area (Å²) in [6, 6.07) is 46.3. The molecule has 0 aliphatic carbocycles. The number of aromatic nitrogens is 2. The fraction of sp³-hybridized carbons (Fsp3) is 0.0606. The van der Waals surface area contributed by atoms with Gasteiger partial charge in [-0.25, -0.2) is 4.98 Å². The molecular formula is C33H27N3O. The molecule has 0 spiro atoms. The summed E-state index contributed by atoms with van der Waals surface area (Å²) in [5.41, 5.74) is 6.87. The molecule has 0 saturated heterocycles. The van der Waals surface area contributed by atoms with Gasteiger partial charge < -0.3 is 14.6 Å². The zero-order valence-electron chi connectivity index (χ0n) is 20.6. The Labute approximate surface area is 216 Å². The lowest BCUT2D eigenvalue weighted by molar-refractivity contribution is 0.415. The average Bonchev–Trinajstić information content (AvgIpc) is 3.39. The standard InChI is InChI=1S/C33H27N3O/c1-37-30-20-17-28(18-21-30)35-29-19-22-32-31(23-29)34-24-36(32)33(25-11-5-2-6-12-25,26-13-7-3-8-14-26)27-15-9-4-10-16-27/h2-24,35H,1H3. The highest BCUT2D eigenvalue weighted by atomic mass is 16.5. The van der Waals surface area contributed by atoms with Crippen LogP contribution in [0.1, 0.15) is 16.7 Å². The zero-order valence-corrected chi connectivity index (χ0v) is 20.6. The third kappa shape index (κ3) is 4.03. The molecule has 5 aromatic carbocycles. The van der Waals surface area contributed by atoms with Crippen LogP contribution in [-0.4, -0.2) is 16.7 Å². The Morgan fingerprint density at radius 3 is 1.65 bits per heavy atom. The maximum Gasteiger partial charge on any atom is 0.122 e. The smallest absolute Gasteiger partial charge is 0.122 e. The van der Waals surface area contributed by atoms with Gasteiger partial charge in [0.1, 0.15) is 11.3 Å². The second-order valence-electron chi connectivity index (χ2n) is 8.98. The van der Waals surface area contributed by atoms with E-state index < -0.39 is 5.54 Å². The van der Waals surface area contributed by atoms with Gasteiger partial charge in [-0.2, -0.15) is 0 Å². The molecule has 0 atom stereocenters. The molecule has 37 heavy (non-hydrogen) atoms. The van der Waals surface area contributed by atoms with Gasteiger partial charge in [0.25, 0.3) is 0 Å². The summed E-state index contributed by atoms with van der Waals surface area (Å²) in [4.78, 5) is 4.89. The van der Waals surface area contributed by atoms with Crippen LogP contribution in [0, 0.1) is 0 Å². The summed E-state index contributed by atoms with van der Waals surface area (Å²) < 4.78 is 7.59. The molecule has 6 rings (SSSR count). The van der Waals surface area contributed by atoms with Crippen LogP contribution in [0.2, 0.25) is 0 Å². The Balaban J connectivity index is 1.54. The third-order valence-electron chi connectivity index (χ3n) is 6.86. The molecule has 180 valence electrons. The van der Waals surface area contributed by atoms with Crippen LogP contribution in [0.4, 0.5) is 11.4 Å². The number of ether oxygens (including phenoxy) is 1. The third-order valence-corrected chi connectivity index (χ3v) is 6.86. The number of methoxy groups -OCH3 is 1. The highest BCUT2D eigenvalue weighted by Gasteiger charge is 2.39. The molecule has 0 aliphatic rings. The number of benzene rings is 5. The summed E-state index contributed by atoms with van der Waals surface area (Å²) in [6.07, 6.45) is 1.97. The Morgan fingerprint density at radius 2 is 1.14 bits per heavy atom. The molecule has 0 fully saturated rings. The predicted octanol–water partition coefficient (Wildman–Crippen LogP) is 7.63. The number of hydrogen-bond acceptors (Lipinski definition) is 3. The van der Waals surface area contributed by atoms with Crippen molar-refractivity contribution in [1.29, 1.82) is 0 Å². The molecule has 0 aliphatic heterocycles. The summed E-state index contributed by atoms with van der Waals surface area (Å²) in [5.74, 6) is 0.832. The van der Waals surface area contributed by atoms with Crippen molar-refractivity contribution in [1.82, 2.24) is 9.55 Å². The lowest BCUT2D eigenvalue weighted by Gasteiger charge is -2.38. The summed E-state index contributed by atoms with van der Waals surface area (Å²) in [5, 5.41) is 3.49. The van der Waals surface area contributed by atoms with Crippen LogP contribution in [0.3, 0.4) is 0 Å². The van der Waals surface area contributed by atoms with Gasteiger partial charge in [-0.3, -0.25) is 0 Å². The van der Waals surface area contributed by atoms with Gasteiger partial charge in [0.2, 0.25) is 0 Å². The molecule has 0 amide bonds. The zero-order chi connectivity index (χ0) is 25.1. The summed E-state index contributed by atoms with van der Waals surface area (Å²) >= 11 is 0. The number of rotatable bonds is 7. The van der Waals surface area contributed by atoms with E-state index in [0.29, 0.717) is 0 Å². The lowest BCUT2D eigenvalue weighted by Crippen LogP contribution is -2.37. The normalized spacial score (nSPS) is 11.4. The van der Waals surface area contributed by atoms with Gasteiger partial charge >= 0.3 is 0 Å². The maximum absolute atomic E-state index is 5.28. The minimum Gasteiger partial charge on any atom is -0.497 e. The van der Waals surface area contributed by atoms with E-state index in [1.165, 1.54) is 16.7 Å². The van der Waals surface area contributed by atoms with Crippen molar-refractivity contribution in [2.45, 2.75) is 5.54 Å². The molecule has 6 aromatic rings. The number of hydrogen-bond donors (Lipinski definition) is 1. The van der Waals surface area contributed by atoms with E-state index in [2.05, 4.69) is 119 Å². The minimum atomic E-state index is -0.594. The predicted molar refractivity (Wildman–Crippen MR) is 151 cm³/mol. The second kappa shape index (κ2) is 9.67. The summed E-state index contributed by atoms with van der Waals surface area (Å²) in [7, 11) is 1.67. The fourth-order valence-corrected chi connectivity index (χ4v) is 5.15. The van der Waals surface area contributed by atoms with Gasteiger partial charge in [-0.1, -0.05) is 91.0 Å². The van der Waals surface area contributed by atoms with Crippen LogP contribution in [0.15, 0.2) is 140 Å². The first-order chi connectivity index (χ1) is 18.3. The largest absolute Gasteiger partial charge is 0.497 e. The SMILES string of the molecule is COc1ccc(Nc2ccc3c(c2)ncn3C(c2ccccc2)(c2ccccc2)c2ccccc2)cc1. The van der Waals surface area contributed by atoms with Crippen LogP contribution in [0.5, 0.6) is 5.75 Å². The van der Waals surface area contributed by atoms with Crippen molar-refractivity contribution < 1.29 is 4.74 Å². The number of fused-ring (bicyclic) bond motifs is 1. The van der Waals surface area contributed by atoms with Gasteiger partial charge in [-0.05, 0) is 59.2 Å². The molecule has 0 radical (unpaired) electrons. The number of imidazole rings is 1. The number of anilines is 2. The molecule has 1 aromatic heterocycles. The topological polar surface area (TPSA) is 39.1 Å². The van der Waals surface area contributed by atoms with Crippen molar-refractivity contribution in [3.05, 3.63) is 156 Å². The molecule has 0 saturated carbocycles. The average molecular weight is 482 g/mol. The molecule has 4 nitrogen and oxygen atoms in total. The lowest BCUT2D eigenvalue weighted by atomic mass is 9.76. The van der Waals surface area contributed by atoms with Crippen molar-refractivity contribution in [3.8, 4) is 5.75 Å². The first-order valence-electron chi connectivity index (χ1n) is 12.3. The van der Waals surface area contributed by atoms with Crippen LogP contribution in [0.25, 0.3) is 11.0 Å². The van der Waals surface area contributed by atoms with Crippen molar-refractivity contribution >= 4 is 22.4 Å². The monoisotopic (exact) mass is 481 g/mol. The van der Waals surface area contributed by atoms with Gasteiger partial charge in [-0.15, -0.1) is 0 Å². The Kier molecular flexibility index (Phi) is 5.91. The molecule has 1 N–H and O–H groups in total. The highest BCUT2D eigenvalue weighted by Crippen LogP contribution is 2.42. The molecule has 1 heterocycles. The fourth-order valence-electron chi connectivity index (χ4n) is 5.15. The van der Waals surface area contributed by atoms with Gasteiger partial charge in [0, 0.05) is 11.4 Å². The van der Waals surface area contributed by atoms with Crippen LogP contribution >= 0.6 is 0 Å². The van der Waals surface area contributed by atoms with Crippen LogP contribution in [-0.2, 0) is 5.54 Å². The molecule has 0 unspecified atom stereocenters. The highest BCUT2D eigenvalue weighted by molar-refractivity contribution is 5.82. The van der Waals surface area contributed by atoms with Gasteiger partial charge in [0.15, 0.2) is 0 Å². The van der Waals surface area contributed by atoms with E-state index in [-0.39, 0.29) is 0 Å². The first kappa shape index (κ1) is 22.6. The quantitative estimate of drug-likeness (QED) is 0.238. The van der Waals surface area contributed by atoms with E-state index in [1.807, 2.05) is 30.6 Å². The maximum atomic E-state index is 5.28.